The van der Waals surface area contributed by atoms with Crippen LogP contribution in [0.4, 0.5) is 22.7 Å². The molecule has 0 fully saturated rings. The summed E-state index contributed by atoms with van der Waals surface area (Å²) in [6.45, 7) is 0. The lowest BCUT2D eigenvalue weighted by Gasteiger charge is -2.03. The smallest absolute Gasteiger partial charge is 0.285 e. The second kappa shape index (κ2) is 7.70. The Bertz CT molecular complexity index is 1170. The minimum absolute atomic E-state index is 0.470. The number of hydrogen-bond acceptors (Lipinski definition) is 12. The number of fused-ring (bicyclic) bond motifs is 3. The maximum Gasteiger partial charge on any atom is 0.285 e. The van der Waals surface area contributed by atoms with Crippen LogP contribution in [-0.4, -0.2) is 35.8 Å². The van der Waals surface area contributed by atoms with Crippen LogP contribution >= 0.6 is 0 Å². The van der Waals surface area contributed by atoms with E-state index in [-0.39, 0.29) is 0 Å². The lowest BCUT2D eigenvalue weighted by molar-refractivity contribution is -0.395. The van der Waals surface area contributed by atoms with Gasteiger partial charge in [0.05, 0.1) is 49.1 Å². The molecule has 0 atom stereocenters. The van der Waals surface area contributed by atoms with Crippen LogP contribution in [-0.2, 0) is 0 Å². The summed E-state index contributed by atoms with van der Waals surface area (Å²) in [5.41, 5.74) is -5.20. The molecule has 156 valence electrons. The second-order valence-electron chi connectivity index (χ2n) is 5.72. The van der Waals surface area contributed by atoms with Crippen molar-refractivity contribution in [3.05, 3.63) is 88.3 Å². The van der Waals surface area contributed by atoms with Gasteiger partial charge in [0.15, 0.2) is 5.78 Å². The van der Waals surface area contributed by atoms with Gasteiger partial charge in [-0.3, -0.25) is 45.3 Å². The van der Waals surface area contributed by atoms with Gasteiger partial charge in [-0.2, -0.15) is 0 Å². The van der Waals surface area contributed by atoms with Crippen molar-refractivity contribution >= 4 is 28.5 Å². The number of carbonyl (C=O) groups excluding carboxylic acids is 1. The fourth-order valence-electron chi connectivity index (χ4n) is 2.89. The van der Waals surface area contributed by atoms with E-state index in [1.165, 1.54) is 12.5 Å². The van der Waals surface area contributed by atoms with Crippen LogP contribution in [0.25, 0.3) is 11.1 Å². The molecule has 1 aromatic heterocycles. The Morgan fingerprint density at radius 2 is 1.16 bits per heavy atom. The van der Waals surface area contributed by atoms with E-state index in [1.54, 1.807) is 0 Å². The van der Waals surface area contributed by atoms with Crippen LogP contribution in [0.2, 0.25) is 0 Å². The maximum absolute atomic E-state index is 12.5. The Hall–Kier alpha value is -5.15. The summed E-state index contributed by atoms with van der Waals surface area (Å²) in [6.07, 6.45) is 2.88. The zero-order valence-corrected chi connectivity index (χ0v) is 14.7. The third-order valence-corrected chi connectivity index (χ3v) is 4.04. The maximum atomic E-state index is 12.5. The van der Waals surface area contributed by atoms with Crippen molar-refractivity contribution in [2.45, 2.75) is 0 Å². The molecule has 1 aliphatic rings. The van der Waals surface area contributed by atoms with Crippen LogP contribution in [0.15, 0.2) is 41.2 Å². The molecule has 0 radical (unpaired) electrons. The summed E-state index contributed by atoms with van der Waals surface area (Å²) in [7, 11) is 0. The predicted molar refractivity (Wildman–Crippen MR) is 96.2 cm³/mol. The van der Waals surface area contributed by atoms with Gasteiger partial charge >= 0.3 is 0 Å². The molecule has 3 aromatic rings. The predicted octanol–water partition coefficient (Wildman–Crippen LogP) is 2.60. The van der Waals surface area contributed by atoms with E-state index in [1.807, 2.05) is 0 Å². The molecular formula is C15H6N6O10. The van der Waals surface area contributed by atoms with Crippen molar-refractivity contribution in [3.8, 4) is 11.1 Å². The van der Waals surface area contributed by atoms with E-state index in [4.69, 9.17) is 0 Å². The van der Waals surface area contributed by atoms with Crippen molar-refractivity contribution in [2.75, 3.05) is 0 Å². The molecule has 31 heavy (non-hydrogen) atoms. The Labute approximate surface area is 168 Å². The van der Waals surface area contributed by atoms with Gasteiger partial charge in [0, 0.05) is 28.5 Å². The number of non-ortho nitro benzene ring substituents is 2. The highest BCUT2D eigenvalue weighted by molar-refractivity contribution is 6.25. The summed E-state index contributed by atoms with van der Waals surface area (Å²) in [4.78, 5) is 53.1. The second-order valence-corrected chi connectivity index (χ2v) is 5.72. The number of aromatic nitrogens is 2. The first-order valence-electron chi connectivity index (χ1n) is 7.83. The fourth-order valence-corrected chi connectivity index (χ4v) is 2.89. The normalized spacial score (nSPS) is 11.0. The number of nitrogens with zero attached hydrogens (tertiary/aromatic N) is 6. The van der Waals surface area contributed by atoms with E-state index in [2.05, 4.69) is 14.9 Å². The molecule has 16 nitrogen and oxygen atoms in total. The average molecular weight is 430 g/mol. The summed E-state index contributed by atoms with van der Waals surface area (Å²) >= 11 is 0. The molecule has 0 spiro atoms. The molecule has 0 amide bonds. The molecule has 0 unspecified atom stereocenters. The third-order valence-electron chi connectivity index (χ3n) is 4.04. The Balaban J connectivity index is 0.000000478. The first-order chi connectivity index (χ1) is 14.6. The van der Waals surface area contributed by atoms with E-state index in [9.17, 15) is 45.3 Å². The van der Waals surface area contributed by atoms with Crippen LogP contribution in [0.5, 0.6) is 0 Å². The number of carbonyl (C=O) groups is 1. The number of nitro groups is 4. The minimum atomic E-state index is -1.01. The Morgan fingerprint density at radius 3 is 1.42 bits per heavy atom. The van der Waals surface area contributed by atoms with E-state index in [0.29, 0.717) is 12.1 Å². The highest BCUT2D eigenvalue weighted by Crippen LogP contribution is 2.49. The number of benzene rings is 2. The molecular weight excluding hydrogens is 424 g/mol. The summed E-state index contributed by atoms with van der Waals surface area (Å²) in [5, 5.41) is 50.9. The van der Waals surface area contributed by atoms with Gasteiger partial charge in [-0.15, -0.1) is 5.10 Å². The van der Waals surface area contributed by atoms with Gasteiger partial charge < -0.3 is 4.52 Å². The fraction of sp³-hybridized carbons (Fsp3) is 0. The van der Waals surface area contributed by atoms with E-state index < -0.39 is 70.5 Å². The topological polar surface area (TPSA) is 229 Å². The molecule has 4 rings (SSSR count). The van der Waals surface area contributed by atoms with Crippen molar-refractivity contribution in [1.29, 1.82) is 0 Å². The SMILES string of the molecule is O=C1c2cc([N+](=O)[O-])cc([N+](=O)[O-])c2-c2c1cc([N+](=O)[O-])cc2[N+](=O)[O-].c1conn1. The van der Waals surface area contributed by atoms with Crippen LogP contribution in [0, 0.1) is 40.5 Å². The number of hydrogen-bond donors (Lipinski definition) is 0. The zero-order valence-electron chi connectivity index (χ0n) is 14.7. The van der Waals surface area contributed by atoms with Gasteiger partial charge in [0.2, 0.25) is 0 Å². The zero-order chi connectivity index (χ0) is 22.9. The van der Waals surface area contributed by atoms with Gasteiger partial charge in [-0.1, -0.05) is 0 Å². The third kappa shape index (κ3) is 3.62. The summed E-state index contributed by atoms with van der Waals surface area (Å²) in [6, 6.07) is 2.65. The molecule has 1 heterocycles. The molecule has 2 aromatic carbocycles. The number of rotatable bonds is 4. The quantitative estimate of drug-likeness (QED) is 0.336. The minimum Gasteiger partial charge on any atom is -0.346 e. The number of nitro benzene ring substituents is 4. The molecule has 0 saturated heterocycles. The first kappa shape index (κ1) is 20.6. The lowest BCUT2D eigenvalue weighted by atomic mass is 10.0. The summed E-state index contributed by atoms with van der Waals surface area (Å²) < 4.78 is 4.22. The van der Waals surface area contributed by atoms with Crippen molar-refractivity contribution in [3.63, 3.8) is 0 Å². The highest BCUT2D eigenvalue weighted by Gasteiger charge is 2.42. The summed E-state index contributed by atoms with van der Waals surface area (Å²) in [5.74, 6) is -1.01. The highest BCUT2D eigenvalue weighted by atomic mass is 16.6. The lowest BCUT2D eigenvalue weighted by Crippen LogP contribution is -2.00. The van der Waals surface area contributed by atoms with Crippen molar-refractivity contribution < 1.29 is 29.0 Å². The molecule has 0 aliphatic heterocycles. The van der Waals surface area contributed by atoms with Crippen LogP contribution in [0.3, 0.4) is 0 Å². The molecule has 0 saturated carbocycles. The monoisotopic (exact) mass is 430 g/mol. The first-order valence-corrected chi connectivity index (χ1v) is 7.83. The molecule has 0 N–H and O–H groups in total. The van der Waals surface area contributed by atoms with Crippen molar-refractivity contribution in [2.24, 2.45) is 0 Å². The average Bonchev–Trinajstić information content (AvgIpc) is 3.38. The van der Waals surface area contributed by atoms with Crippen molar-refractivity contribution in [1.82, 2.24) is 10.4 Å². The van der Waals surface area contributed by atoms with Gasteiger partial charge in [0.1, 0.15) is 6.26 Å². The van der Waals surface area contributed by atoms with Crippen LogP contribution < -0.4 is 0 Å². The largest absolute Gasteiger partial charge is 0.346 e. The molecule has 16 heteroatoms. The Morgan fingerprint density at radius 1 is 0.710 bits per heavy atom. The molecule has 0 bridgehead atoms. The number of ketones is 1. The van der Waals surface area contributed by atoms with Gasteiger partial charge in [-0.25, -0.2) is 0 Å². The van der Waals surface area contributed by atoms with E-state index >= 15 is 0 Å². The molecule has 1 aliphatic carbocycles. The standard InChI is InChI=1S/C13H4N4O9.C2H2N2O/c18-13-7-1-5(14(19)20)3-9(16(23)24)11(7)12-8(13)2-6(15(21)22)4-10(12)17(25)26;1-2-5-4-3-1/h1-4H;1-2H. The van der Waals surface area contributed by atoms with E-state index in [0.717, 1.165) is 12.1 Å². The Kier molecular flexibility index (Phi) is 5.11. The van der Waals surface area contributed by atoms with Gasteiger partial charge in [0.25, 0.3) is 22.7 Å². The van der Waals surface area contributed by atoms with Crippen LogP contribution in [0.1, 0.15) is 15.9 Å². The van der Waals surface area contributed by atoms with Gasteiger partial charge in [-0.05, 0) is 0 Å².